The minimum atomic E-state index is 0.860. The number of pyridine rings is 1. The standard InChI is InChI=1S/C15H20N4/c1-11-3-2-4-19-10-14(17-15(11)19)9-18-7-12-5-16-6-13(12)8-18/h2-4,10,12-13,16H,5-9H2,1H3. The van der Waals surface area contributed by atoms with Crippen LogP contribution in [0.2, 0.25) is 0 Å². The first-order valence-electron chi connectivity index (χ1n) is 7.16. The largest absolute Gasteiger partial charge is 0.316 e. The summed E-state index contributed by atoms with van der Waals surface area (Å²) in [5.74, 6) is 1.72. The second-order valence-corrected chi connectivity index (χ2v) is 6.03. The van der Waals surface area contributed by atoms with Crippen LogP contribution in [-0.4, -0.2) is 40.5 Å². The molecule has 0 radical (unpaired) electrons. The third-order valence-corrected chi connectivity index (χ3v) is 4.58. The van der Waals surface area contributed by atoms with Crippen molar-refractivity contribution in [2.45, 2.75) is 13.5 Å². The molecule has 4 nitrogen and oxygen atoms in total. The van der Waals surface area contributed by atoms with E-state index >= 15 is 0 Å². The maximum absolute atomic E-state index is 4.78. The normalized spacial score (nSPS) is 27.2. The predicted octanol–water partition coefficient (Wildman–Crippen LogP) is 1.29. The van der Waals surface area contributed by atoms with Gasteiger partial charge >= 0.3 is 0 Å². The summed E-state index contributed by atoms with van der Waals surface area (Å²) in [5.41, 5.74) is 3.54. The molecule has 2 aliphatic rings. The molecule has 2 fully saturated rings. The highest BCUT2D eigenvalue weighted by Crippen LogP contribution is 2.27. The van der Waals surface area contributed by atoms with E-state index in [0.717, 1.165) is 24.0 Å². The van der Waals surface area contributed by atoms with Crippen molar-refractivity contribution in [1.29, 1.82) is 0 Å². The Balaban J connectivity index is 1.54. The van der Waals surface area contributed by atoms with E-state index in [1.165, 1.54) is 37.4 Å². The van der Waals surface area contributed by atoms with E-state index in [2.05, 4.69) is 46.1 Å². The fourth-order valence-electron chi connectivity index (χ4n) is 3.59. The van der Waals surface area contributed by atoms with Crippen molar-refractivity contribution in [3.8, 4) is 0 Å². The maximum Gasteiger partial charge on any atom is 0.139 e. The highest BCUT2D eigenvalue weighted by Gasteiger charge is 2.35. The first-order valence-corrected chi connectivity index (χ1v) is 7.16. The minimum absolute atomic E-state index is 0.860. The van der Waals surface area contributed by atoms with Gasteiger partial charge in [0.1, 0.15) is 5.65 Å². The monoisotopic (exact) mass is 256 g/mol. The Kier molecular flexibility index (Phi) is 2.60. The highest BCUT2D eigenvalue weighted by atomic mass is 15.2. The third-order valence-electron chi connectivity index (χ3n) is 4.58. The lowest BCUT2D eigenvalue weighted by atomic mass is 10.0. The predicted molar refractivity (Wildman–Crippen MR) is 75.1 cm³/mol. The lowest BCUT2D eigenvalue weighted by Crippen LogP contribution is -2.25. The van der Waals surface area contributed by atoms with Crippen LogP contribution in [0.25, 0.3) is 5.65 Å². The molecule has 4 heterocycles. The fourth-order valence-corrected chi connectivity index (χ4v) is 3.59. The molecule has 2 atom stereocenters. The van der Waals surface area contributed by atoms with E-state index in [4.69, 9.17) is 4.98 Å². The molecule has 100 valence electrons. The van der Waals surface area contributed by atoms with Crippen molar-refractivity contribution < 1.29 is 0 Å². The number of hydrogen-bond donors (Lipinski definition) is 1. The van der Waals surface area contributed by atoms with E-state index in [1.807, 2.05) is 0 Å². The lowest BCUT2D eigenvalue weighted by Gasteiger charge is -2.14. The molecule has 0 aliphatic carbocycles. The summed E-state index contributed by atoms with van der Waals surface area (Å²) < 4.78 is 2.14. The van der Waals surface area contributed by atoms with Crippen LogP contribution in [0, 0.1) is 18.8 Å². The van der Waals surface area contributed by atoms with Gasteiger partial charge in [0.05, 0.1) is 5.69 Å². The lowest BCUT2D eigenvalue weighted by molar-refractivity contribution is 0.302. The van der Waals surface area contributed by atoms with E-state index in [1.54, 1.807) is 0 Å². The van der Waals surface area contributed by atoms with Crippen molar-refractivity contribution >= 4 is 5.65 Å². The Morgan fingerprint density at radius 3 is 2.84 bits per heavy atom. The first kappa shape index (κ1) is 11.4. The average molecular weight is 256 g/mol. The summed E-state index contributed by atoms with van der Waals surface area (Å²) in [6.45, 7) is 7.97. The van der Waals surface area contributed by atoms with Gasteiger partial charge < -0.3 is 9.72 Å². The van der Waals surface area contributed by atoms with Gasteiger partial charge in [-0.3, -0.25) is 4.90 Å². The van der Waals surface area contributed by atoms with Gasteiger partial charge in [0.25, 0.3) is 0 Å². The molecule has 0 saturated carbocycles. The second-order valence-electron chi connectivity index (χ2n) is 6.03. The number of rotatable bonds is 2. The van der Waals surface area contributed by atoms with Gasteiger partial charge in [0.15, 0.2) is 0 Å². The van der Waals surface area contributed by atoms with Crippen LogP contribution in [0.15, 0.2) is 24.5 Å². The number of aryl methyl sites for hydroxylation is 1. The zero-order valence-corrected chi connectivity index (χ0v) is 11.3. The number of imidazole rings is 1. The van der Waals surface area contributed by atoms with Crippen LogP contribution in [0.5, 0.6) is 0 Å². The van der Waals surface area contributed by atoms with Crippen LogP contribution < -0.4 is 5.32 Å². The number of hydrogen-bond acceptors (Lipinski definition) is 3. The Morgan fingerprint density at radius 1 is 1.32 bits per heavy atom. The zero-order chi connectivity index (χ0) is 12.8. The van der Waals surface area contributed by atoms with E-state index in [0.29, 0.717) is 0 Å². The van der Waals surface area contributed by atoms with Crippen molar-refractivity contribution in [1.82, 2.24) is 19.6 Å². The van der Waals surface area contributed by atoms with E-state index < -0.39 is 0 Å². The Bertz CT molecular complexity index is 591. The Hall–Kier alpha value is -1.39. The molecule has 2 aliphatic heterocycles. The topological polar surface area (TPSA) is 32.6 Å². The van der Waals surface area contributed by atoms with Gasteiger partial charge in [-0.15, -0.1) is 0 Å². The third kappa shape index (κ3) is 1.95. The van der Waals surface area contributed by atoms with E-state index in [9.17, 15) is 0 Å². The molecule has 2 aromatic rings. The first-order chi connectivity index (χ1) is 9.29. The van der Waals surface area contributed by atoms with Gasteiger partial charge in [-0.1, -0.05) is 6.07 Å². The van der Waals surface area contributed by atoms with Crippen molar-refractivity contribution in [2.24, 2.45) is 11.8 Å². The van der Waals surface area contributed by atoms with Crippen molar-refractivity contribution in [3.63, 3.8) is 0 Å². The van der Waals surface area contributed by atoms with Crippen LogP contribution in [-0.2, 0) is 6.54 Å². The molecule has 2 aromatic heterocycles. The number of aromatic nitrogens is 2. The summed E-state index contributed by atoms with van der Waals surface area (Å²) in [4.78, 5) is 7.34. The second kappa shape index (κ2) is 4.32. The minimum Gasteiger partial charge on any atom is -0.316 e. The molecule has 0 spiro atoms. The van der Waals surface area contributed by atoms with E-state index in [-0.39, 0.29) is 0 Å². The highest BCUT2D eigenvalue weighted by molar-refractivity contribution is 5.47. The van der Waals surface area contributed by atoms with Crippen LogP contribution >= 0.6 is 0 Å². The molecule has 1 N–H and O–H groups in total. The fraction of sp³-hybridized carbons (Fsp3) is 0.533. The Morgan fingerprint density at radius 2 is 2.11 bits per heavy atom. The van der Waals surface area contributed by atoms with Gasteiger partial charge in [-0.2, -0.15) is 0 Å². The summed E-state index contributed by atoms with van der Waals surface area (Å²) in [6, 6.07) is 4.21. The quantitative estimate of drug-likeness (QED) is 0.879. The Labute approximate surface area is 113 Å². The van der Waals surface area contributed by atoms with Crippen LogP contribution in [0.4, 0.5) is 0 Å². The molecule has 0 bridgehead atoms. The number of nitrogens with one attached hydrogen (secondary N) is 1. The zero-order valence-electron chi connectivity index (χ0n) is 11.3. The molecule has 0 amide bonds. The SMILES string of the molecule is Cc1cccn2cc(CN3CC4CNCC4C3)nc12. The average Bonchev–Trinajstić information content (AvgIpc) is 3.03. The van der Waals surface area contributed by atoms with Crippen molar-refractivity contribution in [3.05, 3.63) is 35.8 Å². The number of fused-ring (bicyclic) bond motifs is 2. The van der Waals surface area contributed by atoms with Gasteiger partial charge in [-0.25, -0.2) is 4.98 Å². The maximum atomic E-state index is 4.78. The summed E-state index contributed by atoms with van der Waals surface area (Å²) >= 11 is 0. The van der Waals surface area contributed by atoms with Gasteiger partial charge in [0.2, 0.25) is 0 Å². The molecule has 4 heteroatoms. The van der Waals surface area contributed by atoms with Gasteiger partial charge in [-0.05, 0) is 43.5 Å². The molecule has 19 heavy (non-hydrogen) atoms. The van der Waals surface area contributed by atoms with Gasteiger partial charge in [0, 0.05) is 32.0 Å². The summed E-state index contributed by atoms with van der Waals surface area (Å²) in [5, 5.41) is 3.49. The summed E-state index contributed by atoms with van der Waals surface area (Å²) in [7, 11) is 0. The van der Waals surface area contributed by atoms with Crippen LogP contribution in [0.3, 0.4) is 0 Å². The van der Waals surface area contributed by atoms with Crippen molar-refractivity contribution in [2.75, 3.05) is 26.2 Å². The number of likely N-dealkylation sites (tertiary alicyclic amines) is 1. The smallest absolute Gasteiger partial charge is 0.139 e. The molecule has 0 aromatic carbocycles. The molecular formula is C15H20N4. The van der Waals surface area contributed by atoms with Crippen LogP contribution in [0.1, 0.15) is 11.3 Å². The molecular weight excluding hydrogens is 236 g/mol. The summed E-state index contributed by atoms with van der Waals surface area (Å²) in [6.07, 6.45) is 4.26. The number of nitrogens with zero attached hydrogens (tertiary/aromatic N) is 3. The molecule has 2 unspecified atom stereocenters. The molecule has 2 saturated heterocycles. The molecule has 4 rings (SSSR count).